The first-order chi connectivity index (χ1) is 7.82. The van der Waals surface area contributed by atoms with Crippen molar-refractivity contribution in [3.8, 4) is 0 Å². The molecule has 0 atom stereocenters. The molecule has 1 fully saturated rings. The lowest BCUT2D eigenvalue weighted by Crippen LogP contribution is -2.49. The third kappa shape index (κ3) is 1.35. The Morgan fingerprint density at radius 1 is 1.19 bits per heavy atom. The van der Waals surface area contributed by atoms with E-state index in [1.54, 1.807) is 0 Å². The average Bonchev–Trinajstić information content (AvgIpc) is 2.36. The van der Waals surface area contributed by atoms with Crippen molar-refractivity contribution >= 4 is 5.91 Å². The van der Waals surface area contributed by atoms with Crippen LogP contribution in [0, 0.1) is 0 Å². The number of benzene rings is 1. The van der Waals surface area contributed by atoms with Gasteiger partial charge in [-0.3, -0.25) is 4.79 Å². The Balaban J connectivity index is 2.09. The number of hydrogen-bond acceptors (Lipinski definition) is 2. The highest BCUT2D eigenvalue weighted by molar-refractivity contribution is 5.97. The maximum Gasteiger partial charge on any atom is 0.251 e. The van der Waals surface area contributed by atoms with Gasteiger partial charge < -0.3 is 10.1 Å². The van der Waals surface area contributed by atoms with Crippen molar-refractivity contribution in [3.63, 3.8) is 0 Å². The molecule has 2 aliphatic heterocycles. The molecular weight excluding hydrogens is 202 g/mol. The van der Waals surface area contributed by atoms with Crippen molar-refractivity contribution in [2.75, 3.05) is 19.8 Å². The second kappa shape index (κ2) is 3.59. The second-order valence-corrected chi connectivity index (χ2v) is 4.62. The van der Waals surface area contributed by atoms with Crippen LogP contribution >= 0.6 is 0 Å². The van der Waals surface area contributed by atoms with Crippen LogP contribution in [0.25, 0.3) is 0 Å². The number of amides is 1. The lowest BCUT2D eigenvalue weighted by Gasteiger charge is -2.41. The lowest BCUT2D eigenvalue weighted by atomic mass is 9.70. The molecule has 0 radical (unpaired) electrons. The first kappa shape index (κ1) is 9.85. The Morgan fingerprint density at radius 3 is 2.75 bits per heavy atom. The number of nitrogens with one attached hydrogen (secondary N) is 1. The Morgan fingerprint density at radius 2 is 1.94 bits per heavy atom. The molecule has 1 amide bonds. The summed E-state index contributed by atoms with van der Waals surface area (Å²) >= 11 is 0. The highest BCUT2D eigenvalue weighted by Crippen LogP contribution is 2.38. The summed E-state index contributed by atoms with van der Waals surface area (Å²) in [5.74, 6) is 0.0627. The van der Waals surface area contributed by atoms with Gasteiger partial charge >= 0.3 is 0 Å². The molecule has 2 heterocycles. The molecule has 0 unspecified atom stereocenters. The van der Waals surface area contributed by atoms with Gasteiger partial charge in [0, 0.05) is 30.7 Å². The molecule has 1 spiro atoms. The SMILES string of the molecule is O=C1NCC2(CCOCC2)c2ccccc21. The summed E-state index contributed by atoms with van der Waals surface area (Å²) in [7, 11) is 0. The van der Waals surface area contributed by atoms with Crippen molar-refractivity contribution in [3.05, 3.63) is 35.4 Å². The zero-order chi connectivity index (χ0) is 11.0. The van der Waals surface area contributed by atoms with Crippen LogP contribution in [0.15, 0.2) is 24.3 Å². The van der Waals surface area contributed by atoms with E-state index >= 15 is 0 Å². The molecule has 1 saturated heterocycles. The predicted molar refractivity (Wildman–Crippen MR) is 60.5 cm³/mol. The van der Waals surface area contributed by atoms with E-state index in [1.807, 2.05) is 18.2 Å². The number of fused-ring (bicyclic) bond motifs is 2. The summed E-state index contributed by atoms with van der Waals surface area (Å²) in [5.41, 5.74) is 2.17. The summed E-state index contributed by atoms with van der Waals surface area (Å²) in [4.78, 5) is 11.8. The summed E-state index contributed by atoms with van der Waals surface area (Å²) in [6, 6.07) is 7.96. The van der Waals surface area contributed by atoms with E-state index in [2.05, 4.69) is 11.4 Å². The number of carbonyl (C=O) groups is 1. The third-order valence-corrected chi connectivity index (χ3v) is 3.78. The van der Waals surface area contributed by atoms with Crippen molar-refractivity contribution in [2.45, 2.75) is 18.3 Å². The van der Waals surface area contributed by atoms with Crippen LogP contribution in [-0.2, 0) is 10.2 Å². The van der Waals surface area contributed by atoms with Crippen LogP contribution < -0.4 is 5.32 Å². The molecule has 0 saturated carbocycles. The van der Waals surface area contributed by atoms with Crippen LogP contribution in [0.5, 0.6) is 0 Å². The molecule has 1 N–H and O–H groups in total. The minimum Gasteiger partial charge on any atom is -0.381 e. The van der Waals surface area contributed by atoms with Gasteiger partial charge in [0.05, 0.1) is 0 Å². The number of carbonyl (C=O) groups excluding carboxylic acids is 1. The molecule has 3 rings (SSSR count). The highest BCUT2D eigenvalue weighted by atomic mass is 16.5. The van der Waals surface area contributed by atoms with Crippen molar-refractivity contribution in [1.29, 1.82) is 0 Å². The first-order valence-corrected chi connectivity index (χ1v) is 5.77. The normalized spacial score (nSPS) is 22.6. The van der Waals surface area contributed by atoms with E-state index in [9.17, 15) is 4.79 Å². The molecule has 16 heavy (non-hydrogen) atoms. The topological polar surface area (TPSA) is 38.3 Å². The number of ether oxygens (including phenoxy) is 1. The monoisotopic (exact) mass is 217 g/mol. The molecule has 84 valence electrons. The maximum absolute atomic E-state index is 11.8. The van der Waals surface area contributed by atoms with E-state index in [0.29, 0.717) is 0 Å². The van der Waals surface area contributed by atoms with Gasteiger partial charge in [-0.15, -0.1) is 0 Å². The summed E-state index contributed by atoms with van der Waals surface area (Å²) in [6.07, 6.45) is 2.01. The highest BCUT2D eigenvalue weighted by Gasteiger charge is 2.40. The van der Waals surface area contributed by atoms with Gasteiger partial charge in [-0.05, 0) is 24.5 Å². The zero-order valence-corrected chi connectivity index (χ0v) is 9.16. The van der Waals surface area contributed by atoms with E-state index in [0.717, 1.165) is 38.2 Å². The van der Waals surface area contributed by atoms with E-state index in [1.165, 1.54) is 5.56 Å². The maximum atomic E-state index is 11.8. The predicted octanol–water partition coefficient (Wildman–Crippen LogP) is 1.48. The van der Waals surface area contributed by atoms with Gasteiger partial charge in [-0.2, -0.15) is 0 Å². The Kier molecular flexibility index (Phi) is 2.21. The molecule has 0 aromatic heterocycles. The molecule has 1 aromatic carbocycles. The molecule has 0 bridgehead atoms. The van der Waals surface area contributed by atoms with Crippen molar-refractivity contribution in [1.82, 2.24) is 5.32 Å². The van der Waals surface area contributed by atoms with Gasteiger partial charge in [0.25, 0.3) is 5.91 Å². The number of hydrogen-bond donors (Lipinski definition) is 1. The van der Waals surface area contributed by atoms with Gasteiger partial charge in [-0.1, -0.05) is 18.2 Å². The molecule has 2 aliphatic rings. The summed E-state index contributed by atoms with van der Waals surface area (Å²) < 4.78 is 5.43. The summed E-state index contributed by atoms with van der Waals surface area (Å²) in [6.45, 7) is 2.35. The fraction of sp³-hybridized carbons (Fsp3) is 0.462. The van der Waals surface area contributed by atoms with Crippen LogP contribution in [0.4, 0.5) is 0 Å². The quantitative estimate of drug-likeness (QED) is 0.714. The first-order valence-electron chi connectivity index (χ1n) is 5.77. The Labute approximate surface area is 94.8 Å². The van der Waals surface area contributed by atoms with E-state index in [4.69, 9.17) is 4.74 Å². The standard InChI is InChI=1S/C13H15NO2/c15-12-10-3-1-2-4-11(10)13(9-14-12)5-7-16-8-6-13/h1-4H,5-9H2,(H,14,15). The van der Waals surface area contributed by atoms with Crippen molar-refractivity contribution in [2.24, 2.45) is 0 Å². The third-order valence-electron chi connectivity index (χ3n) is 3.78. The molecule has 1 aromatic rings. The summed E-state index contributed by atoms with van der Waals surface area (Å²) in [5, 5.41) is 3.00. The smallest absolute Gasteiger partial charge is 0.251 e. The van der Waals surface area contributed by atoms with E-state index in [-0.39, 0.29) is 11.3 Å². The Hall–Kier alpha value is -1.35. The fourth-order valence-electron chi connectivity index (χ4n) is 2.79. The minimum absolute atomic E-state index is 0.0627. The minimum atomic E-state index is 0.0627. The van der Waals surface area contributed by atoms with Crippen LogP contribution in [0.1, 0.15) is 28.8 Å². The van der Waals surface area contributed by atoms with Gasteiger partial charge in [0.1, 0.15) is 0 Å². The van der Waals surface area contributed by atoms with Crippen LogP contribution in [-0.4, -0.2) is 25.7 Å². The fourth-order valence-corrected chi connectivity index (χ4v) is 2.79. The number of rotatable bonds is 0. The second-order valence-electron chi connectivity index (χ2n) is 4.62. The molecular formula is C13H15NO2. The van der Waals surface area contributed by atoms with Crippen molar-refractivity contribution < 1.29 is 9.53 Å². The van der Waals surface area contributed by atoms with E-state index < -0.39 is 0 Å². The van der Waals surface area contributed by atoms with Gasteiger partial charge in [0.2, 0.25) is 0 Å². The van der Waals surface area contributed by atoms with Crippen LogP contribution in [0.3, 0.4) is 0 Å². The average molecular weight is 217 g/mol. The zero-order valence-electron chi connectivity index (χ0n) is 9.16. The molecule has 3 heteroatoms. The van der Waals surface area contributed by atoms with Crippen LogP contribution in [0.2, 0.25) is 0 Å². The molecule has 0 aliphatic carbocycles. The largest absolute Gasteiger partial charge is 0.381 e. The van der Waals surface area contributed by atoms with Gasteiger partial charge in [0.15, 0.2) is 0 Å². The lowest BCUT2D eigenvalue weighted by molar-refractivity contribution is 0.0455. The Bertz CT molecular complexity index is 422. The van der Waals surface area contributed by atoms with Gasteiger partial charge in [-0.25, -0.2) is 0 Å². The molecule has 3 nitrogen and oxygen atoms in total.